The fourth-order valence-corrected chi connectivity index (χ4v) is 2.47. The predicted molar refractivity (Wildman–Crippen MR) is 72.7 cm³/mol. The summed E-state index contributed by atoms with van der Waals surface area (Å²) in [6, 6.07) is 4.14. The molecule has 0 saturated carbocycles. The van der Waals surface area contributed by atoms with Gasteiger partial charge in [0.15, 0.2) is 0 Å². The Bertz CT molecular complexity index is 471. The summed E-state index contributed by atoms with van der Waals surface area (Å²) in [6.07, 6.45) is 3.42. The van der Waals surface area contributed by atoms with E-state index in [9.17, 15) is 0 Å². The van der Waals surface area contributed by atoms with Crippen molar-refractivity contribution in [2.75, 3.05) is 5.32 Å². The van der Waals surface area contributed by atoms with Crippen LogP contribution in [0.3, 0.4) is 0 Å². The zero-order chi connectivity index (χ0) is 12.1. The number of nitrogens with one attached hydrogen (secondary N) is 1. The number of aromatic nitrogens is 2. The Labute approximate surface area is 110 Å². The highest BCUT2D eigenvalue weighted by Crippen LogP contribution is 2.22. The molecule has 5 heteroatoms. The first-order valence-electron chi connectivity index (χ1n) is 5.57. The van der Waals surface area contributed by atoms with E-state index >= 15 is 0 Å². The normalized spacial score (nSPS) is 10.5. The third-order valence-corrected chi connectivity index (χ3v) is 3.61. The van der Waals surface area contributed by atoms with Crippen molar-refractivity contribution >= 4 is 28.8 Å². The summed E-state index contributed by atoms with van der Waals surface area (Å²) in [4.78, 5) is 9.56. The molecule has 2 aromatic rings. The first-order valence-corrected chi connectivity index (χ1v) is 6.82. The van der Waals surface area contributed by atoms with E-state index in [2.05, 4.69) is 33.7 Å². The Morgan fingerprint density at radius 1 is 1.41 bits per heavy atom. The van der Waals surface area contributed by atoms with Crippen molar-refractivity contribution in [3.63, 3.8) is 0 Å². The van der Waals surface area contributed by atoms with E-state index in [1.165, 1.54) is 11.2 Å². The summed E-state index contributed by atoms with van der Waals surface area (Å²) in [6.45, 7) is 2.90. The third kappa shape index (κ3) is 3.17. The van der Waals surface area contributed by atoms with Crippen molar-refractivity contribution < 1.29 is 0 Å². The molecule has 0 atom stereocenters. The lowest BCUT2D eigenvalue weighted by Crippen LogP contribution is -2.05. The average molecular weight is 268 g/mol. The number of nitrogens with zero attached hydrogens (tertiary/aromatic N) is 2. The van der Waals surface area contributed by atoms with Crippen LogP contribution in [0.25, 0.3) is 0 Å². The van der Waals surface area contributed by atoms with Gasteiger partial charge in [-0.2, -0.15) is 0 Å². The minimum absolute atomic E-state index is 0.551. The molecule has 0 radical (unpaired) electrons. The number of thiophene rings is 1. The predicted octanol–water partition coefficient (Wildman–Crippen LogP) is 3.76. The van der Waals surface area contributed by atoms with Crippen molar-refractivity contribution in [2.24, 2.45) is 0 Å². The van der Waals surface area contributed by atoms with Gasteiger partial charge in [0.2, 0.25) is 0 Å². The smallest absolute Gasteiger partial charge is 0.137 e. The molecule has 0 aliphatic heterocycles. The fraction of sp³-hybridized carbons (Fsp3) is 0.333. The lowest BCUT2D eigenvalue weighted by atomic mass is 10.2. The zero-order valence-electron chi connectivity index (χ0n) is 9.61. The lowest BCUT2D eigenvalue weighted by molar-refractivity contribution is 0.898. The second-order valence-corrected chi connectivity index (χ2v) is 5.06. The number of hydrogen-bond donors (Lipinski definition) is 1. The monoisotopic (exact) mass is 267 g/mol. The molecule has 2 aromatic heterocycles. The summed E-state index contributed by atoms with van der Waals surface area (Å²) in [5, 5.41) is 5.93. The van der Waals surface area contributed by atoms with E-state index in [-0.39, 0.29) is 0 Å². The van der Waals surface area contributed by atoms with Crippen LogP contribution >= 0.6 is 22.9 Å². The number of hydrogen-bond acceptors (Lipinski definition) is 4. The lowest BCUT2D eigenvalue weighted by Gasteiger charge is -2.10. The summed E-state index contributed by atoms with van der Waals surface area (Å²) in [5.41, 5.74) is 1.01. The van der Waals surface area contributed by atoms with Crippen LogP contribution in [0, 0.1) is 0 Å². The van der Waals surface area contributed by atoms with Gasteiger partial charge in [-0.3, -0.25) is 0 Å². The van der Waals surface area contributed by atoms with Crippen LogP contribution in [0.15, 0.2) is 23.8 Å². The van der Waals surface area contributed by atoms with Gasteiger partial charge in [0.05, 0.1) is 6.54 Å². The van der Waals surface area contributed by atoms with Gasteiger partial charge in [-0.15, -0.1) is 11.3 Å². The molecule has 17 heavy (non-hydrogen) atoms. The van der Waals surface area contributed by atoms with Crippen LogP contribution in [0.4, 0.5) is 5.82 Å². The van der Waals surface area contributed by atoms with Crippen molar-refractivity contribution in [1.82, 2.24) is 9.97 Å². The van der Waals surface area contributed by atoms with E-state index in [0.29, 0.717) is 5.15 Å². The van der Waals surface area contributed by atoms with Gasteiger partial charge >= 0.3 is 0 Å². The Balaban J connectivity index is 2.11. The topological polar surface area (TPSA) is 37.8 Å². The Hall–Kier alpha value is -1.13. The van der Waals surface area contributed by atoms with Gasteiger partial charge in [-0.1, -0.05) is 31.0 Å². The molecule has 0 aliphatic carbocycles. The summed E-state index contributed by atoms with van der Waals surface area (Å²) in [5.74, 6) is 0.847. The maximum Gasteiger partial charge on any atom is 0.137 e. The summed E-state index contributed by atoms with van der Waals surface area (Å²) >= 11 is 7.81. The molecular weight excluding hydrogens is 254 g/mol. The molecule has 90 valence electrons. The van der Waals surface area contributed by atoms with E-state index in [0.717, 1.165) is 30.8 Å². The molecule has 0 aliphatic rings. The van der Waals surface area contributed by atoms with E-state index in [4.69, 9.17) is 11.6 Å². The highest BCUT2D eigenvalue weighted by molar-refractivity contribution is 7.09. The molecule has 1 N–H and O–H groups in total. The SMILES string of the molecule is CCCc1c(Cl)ncnc1NCc1cccs1. The van der Waals surface area contributed by atoms with Crippen molar-refractivity contribution in [3.05, 3.63) is 39.4 Å². The molecule has 0 aromatic carbocycles. The van der Waals surface area contributed by atoms with Crippen LogP contribution in [0.5, 0.6) is 0 Å². The molecule has 2 heterocycles. The van der Waals surface area contributed by atoms with Crippen LogP contribution in [-0.2, 0) is 13.0 Å². The van der Waals surface area contributed by atoms with Gasteiger partial charge in [0, 0.05) is 10.4 Å². The van der Waals surface area contributed by atoms with Crippen molar-refractivity contribution in [3.8, 4) is 0 Å². The standard InChI is InChI=1S/C12H14ClN3S/c1-2-4-10-11(13)15-8-16-12(10)14-7-9-5-3-6-17-9/h3,5-6,8H,2,4,7H2,1H3,(H,14,15,16). The van der Waals surface area contributed by atoms with Gasteiger partial charge in [-0.25, -0.2) is 9.97 Å². The van der Waals surface area contributed by atoms with Gasteiger partial charge < -0.3 is 5.32 Å². The Kier molecular flexibility index (Phi) is 4.34. The second-order valence-electron chi connectivity index (χ2n) is 3.67. The molecule has 0 fully saturated rings. The molecule has 0 unspecified atom stereocenters. The molecular formula is C12H14ClN3S. The van der Waals surface area contributed by atoms with Gasteiger partial charge in [0.1, 0.15) is 17.3 Å². The molecule has 0 bridgehead atoms. The Morgan fingerprint density at radius 3 is 3.00 bits per heavy atom. The van der Waals surface area contributed by atoms with Crippen LogP contribution in [-0.4, -0.2) is 9.97 Å². The van der Waals surface area contributed by atoms with Gasteiger partial charge in [0.25, 0.3) is 0 Å². The molecule has 3 nitrogen and oxygen atoms in total. The highest BCUT2D eigenvalue weighted by Gasteiger charge is 2.08. The first kappa shape index (κ1) is 12.3. The zero-order valence-corrected chi connectivity index (χ0v) is 11.2. The number of rotatable bonds is 5. The Morgan fingerprint density at radius 2 is 2.29 bits per heavy atom. The highest BCUT2D eigenvalue weighted by atomic mass is 35.5. The van der Waals surface area contributed by atoms with E-state index < -0.39 is 0 Å². The summed E-state index contributed by atoms with van der Waals surface area (Å²) < 4.78 is 0. The van der Waals surface area contributed by atoms with Gasteiger partial charge in [-0.05, 0) is 17.9 Å². The summed E-state index contributed by atoms with van der Waals surface area (Å²) in [7, 11) is 0. The van der Waals surface area contributed by atoms with E-state index in [1.807, 2.05) is 6.07 Å². The first-order chi connectivity index (χ1) is 8.31. The minimum atomic E-state index is 0.551. The molecule has 2 rings (SSSR count). The molecule has 0 spiro atoms. The second kappa shape index (κ2) is 5.98. The maximum atomic E-state index is 6.08. The van der Waals surface area contributed by atoms with Crippen molar-refractivity contribution in [1.29, 1.82) is 0 Å². The third-order valence-electron chi connectivity index (χ3n) is 2.40. The van der Waals surface area contributed by atoms with Crippen LogP contribution in [0.2, 0.25) is 5.15 Å². The van der Waals surface area contributed by atoms with E-state index in [1.54, 1.807) is 11.3 Å². The fourth-order valence-electron chi connectivity index (χ4n) is 1.60. The maximum absolute atomic E-state index is 6.08. The van der Waals surface area contributed by atoms with Crippen LogP contribution < -0.4 is 5.32 Å². The van der Waals surface area contributed by atoms with Crippen molar-refractivity contribution in [2.45, 2.75) is 26.3 Å². The van der Waals surface area contributed by atoms with Crippen LogP contribution in [0.1, 0.15) is 23.8 Å². The minimum Gasteiger partial charge on any atom is -0.365 e. The number of anilines is 1. The quantitative estimate of drug-likeness (QED) is 0.839. The number of halogens is 1. The molecule has 0 saturated heterocycles. The largest absolute Gasteiger partial charge is 0.365 e. The average Bonchev–Trinajstić information content (AvgIpc) is 2.83. The molecule has 0 amide bonds.